The number of Topliss-reactive ketones (excluding diaryl/α,β-unsaturated/α-hetero) is 1. The summed E-state index contributed by atoms with van der Waals surface area (Å²) in [6.07, 6.45) is 0.0711. The van der Waals surface area contributed by atoms with Gasteiger partial charge in [0, 0.05) is 17.0 Å². The van der Waals surface area contributed by atoms with Crippen LogP contribution < -0.4 is 5.73 Å². The Labute approximate surface area is 109 Å². The van der Waals surface area contributed by atoms with E-state index in [1.54, 1.807) is 0 Å². The smallest absolute Gasteiger partial charge is 0.399 e. The summed E-state index contributed by atoms with van der Waals surface area (Å²) >= 11 is 2.75. The van der Waals surface area contributed by atoms with Crippen LogP contribution >= 0.6 is 27.7 Å². The number of ketones is 1. The van der Waals surface area contributed by atoms with Crippen LogP contribution in [0.15, 0.2) is 23.1 Å². The lowest BCUT2D eigenvalue weighted by molar-refractivity contribution is -0.115. The summed E-state index contributed by atoms with van der Waals surface area (Å²) in [5.74, 6) is -0.112. The Hall–Kier alpha value is -0.690. The van der Waals surface area contributed by atoms with Crippen LogP contribution in [0.1, 0.15) is 5.56 Å². The molecule has 2 N–H and O–H groups in total. The van der Waals surface area contributed by atoms with Crippen molar-refractivity contribution in [1.82, 2.24) is 0 Å². The topological polar surface area (TPSA) is 43.1 Å². The molecule has 7 heteroatoms. The third-order valence-corrected chi connectivity index (χ3v) is 3.10. The van der Waals surface area contributed by atoms with Crippen LogP contribution in [0.5, 0.6) is 0 Å². The van der Waals surface area contributed by atoms with Crippen molar-refractivity contribution in [3.63, 3.8) is 0 Å². The van der Waals surface area contributed by atoms with Gasteiger partial charge in [-0.2, -0.15) is 13.2 Å². The molecule has 0 saturated heterocycles. The number of thioether (sulfide) groups is 1. The summed E-state index contributed by atoms with van der Waals surface area (Å²) in [4.78, 5) is 11.2. The SMILES string of the molecule is Nc1cc(CC(=O)CBr)cc(SC(F)(F)F)c1. The average Bonchev–Trinajstić information content (AvgIpc) is 2.13. The number of hydrogen-bond acceptors (Lipinski definition) is 3. The summed E-state index contributed by atoms with van der Waals surface area (Å²) in [6, 6.07) is 4.07. The first kappa shape index (κ1) is 14.4. The Morgan fingerprint density at radius 1 is 1.35 bits per heavy atom. The minimum Gasteiger partial charge on any atom is -0.399 e. The van der Waals surface area contributed by atoms with Crippen molar-refractivity contribution in [3.8, 4) is 0 Å². The van der Waals surface area contributed by atoms with Crippen molar-refractivity contribution >= 4 is 39.2 Å². The van der Waals surface area contributed by atoms with E-state index < -0.39 is 5.51 Å². The van der Waals surface area contributed by atoms with E-state index in [9.17, 15) is 18.0 Å². The lowest BCUT2D eigenvalue weighted by Gasteiger charge is -2.08. The van der Waals surface area contributed by atoms with Crippen molar-refractivity contribution in [2.75, 3.05) is 11.1 Å². The number of benzene rings is 1. The lowest BCUT2D eigenvalue weighted by atomic mass is 10.1. The van der Waals surface area contributed by atoms with Crippen LogP contribution in [0, 0.1) is 0 Å². The number of halogens is 4. The normalized spacial score (nSPS) is 11.5. The monoisotopic (exact) mass is 327 g/mol. The summed E-state index contributed by atoms with van der Waals surface area (Å²) in [5, 5.41) is 0.170. The molecule has 1 rings (SSSR count). The molecule has 0 aromatic heterocycles. The second-order valence-corrected chi connectivity index (χ2v) is 5.01. The van der Waals surface area contributed by atoms with Crippen LogP contribution in [0.25, 0.3) is 0 Å². The van der Waals surface area contributed by atoms with Gasteiger partial charge < -0.3 is 5.73 Å². The standard InChI is InChI=1S/C10H9BrF3NOS/c11-5-8(16)2-6-1-7(15)4-9(3-6)17-10(12,13)14/h1,3-4H,2,5,15H2. The maximum absolute atomic E-state index is 12.2. The summed E-state index contributed by atoms with van der Waals surface area (Å²) in [5.41, 5.74) is 1.84. The largest absolute Gasteiger partial charge is 0.446 e. The van der Waals surface area contributed by atoms with Gasteiger partial charge in [-0.25, -0.2) is 0 Å². The van der Waals surface area contributed by atoms with Crippen molar-refractivity contribution in [2.45, 2.75) is 16.8 Å². The van der Waals surface area contributed by atoms with E-state index in [-0.39, 0.29) is 39.9 Å². The average molecular weight is 328 g/mol. The summed E-state index contributed by atoms with van der Waals surface area (Å²) in [6.45, 7) is 0. The molecule has 1 aromatic rings. The van der Waals surface area contributed by atoms with Crippen LogP contribution in [0.2, 0.25) is 0 Å². The van der Waals surface area contributed by atoms with Gasteiger partial charge in [0.05, 0.1) is 5.33 Å². The highest BCUT2D eigenvalue weighted by atomic mass is 79.9. The van der Waals surface area contributed by atoms with Gasteiger partial charge in [-0.3, -0.25) is 4.79 Å². The number of carbonyl (C=O) groups excluding carboxylic acids is 1. The summed E-state index contributed by atoms with van der Waals surface area (Å²) < 4.78 is 36.5. The van der Waals surface area contributed by atoms with Crippen molar-refractivity contribution in [2.24, 2.45) is 0 Å². The number of rotatable bonds is 4. The van der Waals surface area contributed by atoms with Crippen molar-refractivity contribution < 1.29 is 18.0 Å². The zero-order valence-corrected chi connectivity index (χ0v) is 11.0. The molecule has 0 fully saturated rings. The molecule has 2 nitrogen and oxygen atoms in total. The Morgan fingerprint density at radius 3 is 2.53 bits per heavy atom. The van der Waals surface area contributed by atoms with Gasteiger partial charge in [-0.05, 0) is 35.5 Å². The number of nitrogen functional groups attached to an aromatic ring is 1. The third-order valence-electron chi connectivity index (χ3n) is 1.77. The molecule has 0 aliphatic heterocycles. The molecule has 0 aliphatic carbocycles. The minimum absolute atomic E-state index is 0.00475. The number of anilines is 1. The quantitative estimate of drug-likeness (QED) is 0.523. The van der Waals surface area contributed by atoms with Gasteiger partial charge in [-0.1, -0.05) is 15.9 Å². The van der Waals surface area contributed by atoms with Crippen LogP contribution in [0.4, 0.5) is 18.9 Å². The molecule has 1 aromatic carbocycles. The summed E-state index contributed by atoms with van der Waals surface area (Å²) in [7, 11) is 0. The highest BCUT2D eigenvalue weighted by Gasteiger charge is 2.29. The van der Waals surface area contributed by atoms with Crippen LogP contribution in [0.3, 0.4) is 0 Å². The number of nitrogens with two attached hydrogens (primary N) is 1. The molecule has 0 heterocycles. The number of carbonyl (C=O) groups is 1. The van der Waals surface area contributed by atoms with E-state index in [0.29, 0.717) is 5.56 Å². The Kier molecular flexibility index (Phi) is 4.88. The number of alkyl halides is 4. The molecule has 0 radical (unpaired) electrons. The van der Waals surface area contributed by atoms with E-state index in [2.05, 4.69) is 15.9 Å². The Bertz CT molecular complexity index is 423. The Morgan fingerprint density at radius 2 is 2.00 bits per heavy atom. The fraction of sp³-hybridized carbons (Fsp3) is 0.300. The Balaban J connectivity index is 2.90. The van der Waals surface area contributed by atoms with Gasteiger partial charge in [0.15, 0.2) is 0 Å². The number of hydrogen-bond donors (Lipinski definition) is 1. The molecular weight excluding hydrogens is 319 g/mol. The van der Waals surface area contributed by atoms with Gasteiger partial charge >= 0.3 is 5.51 Å². The van der Waals surface area contributed by atoms with E-state index in [1.807, 2.05) is 0 Å². The lowest BCUT2D eigenvalue weighted by Crippen LogP contribution is -2.05. The third kappa shape index (κ3) is 5.45. The molecule has 0 unspecified atom stereocenters. The first-order chi connectivity index (χ1) is 7.80. The highest BCUT2D eigenvalue weighted by Crippen LogP contribution is 2.37. The van der Waals surface area contributed by atoms with Gasteiger partial charge in [0.25, 0.3) is 0 Å². The molecule has 0 atom stereocenters. The van der Waals surface area contributed by atoms with Crippen molar-refractivity contribution in [1.29, 1.82) is 0 Å². The van der Waals surface area contributed by atoms with Crippen LogP contribution in [-0.4, -0.2) is 16.6 Å². The van der Waals surface area contributed by atoms with Gasteiger partial charge in [-0.15, -0.1) is 0 Å². The molecule has 17 heavy (non-hydrogen) atoms. The molecule has 0 amide bonds. The van der Waals surface area contributed by atoms with E-state index in [4.69, 9.17) is 5.73 Å². The first-order valence-electron chi connectivity index (χ1n) is 4.53. The second-order valence-electron chi connectivity index (χ2n) is 3.31. The molecule has 94 valence electrons. The highest BCUT2D eigenvalue weighted by molar-refractivity contribution is 9.09. The second kappa shape index (κ2) is 5.77. The maximum Gasteiger partial charge on any atom is 0.446 e. The predicted octanol–water partition coefficient (Wildman–Crippen LogP) is 3.39. The van der Waals surface area contributed by atoms with E-state index in [1.165, 1.54) is 18.2 Å². The minimum atomic E-state index is -4.36. The van der Waals surface area contributed by atoms with E-state index in [0.717, 1.165) is 0 Å². The molecule has 0 bridgehead atoms. The molecule has 0 aliphatic rings. The fourth-order valence-electron chi connectivity index (χ4n) is 1.26. The molecular formula is C10H9BrF3NOS. The zero-order valence-electron chi connectivity index (χ0n) is 8.55. The fourth-order valence-corrected chi connectivity index (χ4v) is 2.13. The van der Waals surface area contributed by atoms with Crippen molar-refractivity contribution in [3.05, 3.63) is 23.8 Å². The zero-order chi connectivity index (χ0) is 13.1. The first-order valence-corrected chi connectivity index (χ1v) is 6.47. The van der Waals surface area contributed by atoms with Crippen LogP contribution in [-0.2, 0) is 11.2 Å². The van der Waals surface area contributed by atoms with Gasteiger partial charge in [0.2, 0.25) is 0 Å². The molecule has 0 saturated carbocycles. The molecule has 0 spiro atoms. The predicted molar refractivity (Wildman–Crippen MR) is 65.3 cm³/mol. The van der Waals surface area contributed by atoms with Gasteiger partial charge in [0.1, 0.15) is 5.78 Å². The van der Waals surface area contributed by atoms with E-state index >= 15 is 0 Å². The maximum atomic E-state index is 12.2.